The molecular weight excluding hydrogens is 250 g/mol. The summed E-state index contributed by atoms with van der Waals surface area (Å²) in [5, 5.41) is 10.4. The zero-order valence-electron chi connectivity index (χ0n) is 13.7. The first-order valence-electron chi connectivity index (χ1n) is 8.03. The van der Waals surface area contributed by atoms with Crippen LogP contribution in [0, 0.1) is 0 Å². The van der Waals surface area contributed by atoms with E-state index in [0.29, 0.717) is 0 Å². The van der Waals surface area contributed by atoms with Crippen molar-refractivity contribution in [2.24, 2.45) is 0 Å². The Bertz CT molecular complexity index is 354. The molecule has 1 atom stereocenters. The van der Waals surface area contributed by atoms with Gasteiger partial charge in [-0.15, -0.1) is 0 Å². The highest BCUT2D eigenvalue weighted by molar-refractivity contribution is 5.86. The van der Waals surface area contributed by atoms with E-state index in [1.807, 2.05) is 0 Å². The summed E-state index contributed by atoms with van der Waals surface area (Å²) in [7, 11) is 0. The summed E-state index contributed by atoms with van der Waals surface area (Å²) in [6.45, 7) is 11.9. The van der Waals surface area contributed by atoms with Crippen LogP contribution < -0.4 is 16.0 Å². The number of hydrogen-bond donors (Lipinski definition) is 3. The maximum atomic E-state index is 12.7. The summed E-state index contributed by atoms with van der Waals surface area (Å²) < 4.78 is 0. The quantitative estimate of drug-likeness (QED) is 0.741. The number of carbonyl (C=O) groups excluding carboxylic acids is 1. The van der Waals surface area contributed by atoms with Crippen LogP contribution in [-0.4, -0.2) is 35.1 Å². The van der Waals surface area contributed by atoms with Crippen molar-refractivity contribution in [2.45, 2.75) is 89.4 Å². The van der Waals surface area contributed by atoms with Crippen molar-refractivity contribution in [3.8, 4) is 0 Å². The van der Waals surface area contributed by atoms with Crippen LogP contribution in [0.3, 0.4) is 0 Å². The van der Waals surface area contributed by atoms with Gasteiger partial charge in [0.25, 0.3) is 0 Å². The van der Waals surface area contributed by atoms with E-state index in [0.717, 1.165) is 38.6 Å². The van der Waals surface area contributed by atoms with Crippen LogP contribution in [0.5, 0.6) is 0 Å². The summed E-state index contributed by atoms with van der Waals surface area (Å²) in [5.41, 5.74) is -0.177. The van der Waals surface area contributed by atoms with Gasteiger partial charge in [-0.1, -0.05) is 6.92 Å². The van der Waals surface area contributed by atoms with Crippen LogP contribution in [0.4, 0.5) is 0 Å². The Morgan fingerprint density at radius 3 is 2.25 bits per heavy atom. The lowest BCUT2D eigenvalue weighted by Crippen LogP contribution is -2.64. The Kier molecular flexibility index (Phi) is 4.18. The molecule has 0 aromatic carbocycles. The molecule has 2 saturated heterocycles. The normalized spacial score (nSPS) is 33.0. The Morgan fingerprint density at radius 1 is 1.20 bits per heavy atom. The highest BCUT2D eigenvalue weighted by Crippen LogP contribution is 2.30. The van der Waals surface area contributed by atoms with E-state index >= 15 is 0 Å². The average molecular weight is 281 g/mol. The number of amides is 1. The van der Waals surface area contributed by atoms with E-state index in [2.05, 4.69) is 50.6 Å². The minimum absolute atomic E-state index is 0.0716. The van der Waals surface area contributed by atoms with Crippen molar-refractivity contribution in [3.63, 3.8) is 0 Å². The third kappa shape index (κ3) is 3.34. The largest absolute Gasteiger partial charge is 0.352 e. The van der Waals surface area contributed by atoms with Gasteiger partial charge in [0.1, 0.15) is 0 Å². The molecule has 0 aliphatic carbocycles. The van der Waals surface area contributed by atoms with Gasteiger partial charge in [0.15, 0.2) is 0 Å². The first-order valence-corrected chi connectivity index (χ1v) is 8.03. The molecule has 20 heavy (non-hydrogen) atoms. The Hall–Kier alpha value is -0.610. The van der Waals surface area contributed by atoms with Gasteiger partial charge in [0.05, 0.1) is 5.54 Å². The van der Waals surface area contributed by atoms with Crippen LogP contribution in [0.2, 0.25) is 0 Å². The minimum Gasteiger partial charge on any atom is -0.352 e. The third-order valence-corrected chi connectivity index (χ3v) is 4.81. The molecule has 2 heterocycles. The number of rotatable bonds is 3. The maximum absolute atomic E-state index is 12.7. The lowest BCUT2D eigenvalue weighted by Gasteiger charge is -2.47. The highest BCUT2D eigenvalue weighted by Gasteiger charge is 2.43. The molecule has 0 saturated carbocycles. The van der Waals surface area contributed by atoms with Gasteiger partial charge in [0, 0.05) is 17.1 Å². The number of carbonyl (C=O) groups is 1. The van der Waals surface area contributed by atoms with Crippen LogP contribution in [0.1, 0.15) is 66.7 Å². The summed E-state index contributed by atoms with van der Waals surface area (Å²) in [4.78, 5) is 12.7. The van der Waals surface area contributed by atoms with Crippen LogP contribution in [0.25, 0.3) is 0 Å². The number of piperidine rings is 1. The molecule has 3 N–H and O–H groups in total. The van der Waals surface area contributed by atoms with Gasteiger partial charge in [-0.3, -0.25) is 4.79 Å². The van der Waals surface area contributed by atoms with E-state index in [1.54, 1.807) is 0 Å². The molecule has 0 bridgehead atoms. The second kappa shape index (κ2) is 5.30. The van der Waals surface area contributed by atoms with Gasteiger partial charge in [-0.05, 0) is 66.3 Å². The van der Waals surface area contributed by atoms with Crippen molar-refractivity contribution in [3.05, 3.63) is 0 Å². The van der Waals surface area contributed by atoms with Gasteiger partial charge >= 0.3 is 0 Å². The van der Waals surface area contributed by atoms with Crippen molar-refractivity contribution in [1.82, 2.24) is 16.0 Å². The van der Waals surface area contributed by atoms with Crippen molar-refractivity contribution in [2.75, 3.05) is 6.54 Å². The highest BCUT2D eigenvalue weighted by atomic mass is 16.2. The van der Waals surface area contributed by atoms with Gasteiger partial charge < -0.3 is 16.0 Å². The molecule has 0 aromatic rings. The molecule has 2 aliphatic rings. The molecule has 2 rings (SSSR count). The SMILES string of the molecule is CCC1(C(=O)NC2CC(C)(C)NC(C)(C)C2)CCCN1. The molecule has 2 fully saturated rings. The molecule has 0 spiro atoms. The fraction of sp³-hybridized carbons (Fsp3) is 0.938. The number of hydrogen-bond acceptors (Lipinski definition) is 3. The second-order valence-electron chi connectivity index (χ2n) is 7.94. The molecule has 2 aliphatic heterocycles. The fourth-order valence-electron chi connectivity index (χ4n) is 4.21. The van der Waals surface area contributed by atoms with E-state index in [-0.39, 0.29) is 28.6 Å². The summed E-state index contributed by atoms with van der Waals surface area (Å²) in [6, 6.07) is 0.263. The van der Waals surface area contributed by atoms with E-state index in [1.165, 1.54) is 0 Å². The standard InChI is InChI=1S/C16H31N3O/c1-6-16(8-7-9-17-16)13(20)18-12-10-14(2,3)19-15(4,5)11-12/h12,17,19H,6-11H2,1-5H3,(H,18,20). The Labute approximate surface area is 123 Å². The van der Waals surface area contributed by atoms with Crippen molar-refractivity contribution in [1.29, 1.82) is 0 Å². The second-order valence-corrected chi connectivity index (χ2v) is 7.94. The topological polar surface area (TPSA) is 53.2 Å². The molecule has 1 unspecified atom stereocenters. The number of nitrogens with one attached hydrogen (secondary N) is 3. The van der Waals surface area contributed by atoms with Crippen LogP contribution in [0.15, 0.2) is 0 Å². The first kappa shape index (κ1) is 15.8. The third-order valence-electron chi connectivity index (χ3n) is 4.81. The Balaban J connectivity index is 2.03. The van der Waals surface area contributed by atoms with Gasteiger partial charge in [0.2, 0.25) is 5.91 Å². The van der Waals surface area contributed by atoms with E-state index in [9.17, 15) is 4.79 Å². The average Bonchev–Trinajstić information content (AvgIpc) is 2.73. The predicted molar refractivity (Wildman–Crippen MR) is 82.7 cm³/mol. The lowest BCUT2D eigenvalue weighted by atomic mass is 9.79. The molecule has 4 heteroatoms. The minimum atomic E-state index is -0.320. The zero-order valence-corrected chi connectivity index (χ0v) is 13.7. The van der Waals surface area contributed by atoms with Crippen LogP contribution in [-0.2, 0) is 4.79 Å². The summed E-state index contributed by atoms with van der Waals surface area (Å²) in [5.74, 6) is 0.205. The first-order chi connectivity index (χ1) is 9.18. The smallest absolute Gasteiger partial charge is 0.240 e. The van der Waals surface area contributed by atoms with Crippen LogP contribution >= 0.6 is 0 Å². The molecule has 4 nitrogen and oxygen atoms in total. The molecule has 0 radical (unpaired) electrons. The molecule has 116 valence electrons. The fourth-order valence-corrected chi connectivity index (χ4v) is 4.21. The van der Waals surface area contributed by atoms with Gasteiger partial charge in [-0.25, -0.2) is 0 Å². The van der Waals surface area contributed by atoms with E-state index in [4.69, 9.17) is 0 Å². The molecule has 1 amide bonds. The maximum Gasteiger partial charge on any atom is 0.240 e. The lowest BCUT2D eigenvalue weighted by molar-refractivity contribution is -0.128. The monoisotopic (exact) mass is 281 g/mol. The molecule has 0 aromatic heterocycles. The molecular formula is C16H31N3O. The summed E-state index contributed by atoms with van der Waals surface area (Å²) in [6.07, 6.45) is 4.91. The predicted octanol–water partition coefficient (Wildman–Crippen LogP) is 1.94. The van der Waals surface area contributed by atoms with Crippen molar-refractivity contribution >= 4 is 5.91 Å². The Morgan fingerprint density at radius 2 is 1.80 bits per heavy atom. The zero-order chi connectivity index (χ0) is 15.0. The van der Waals surface area contributed by atoms with E-state index < -0.39 is 0 Å². The summed E-state index contributed by atoms with van der Waals surface area (Å²) >= 11 is 0. The van der Waals surface area contributed by atoms with Gasteiger partial charge in [-0.2, -0.15) is 0 Å². The van der Waals surface area contributed by atoms with Crippen molar-refractivity contribution < 1.29 is 4.79 Å².